The summed E-state index contributed by atoms with van der Waals surface area (Å²) in [5.41, 5.74) is 2.28. The Morgan fingerprint density at radius 3 is 2.56 bits per heavy atom. The fraction of sp³-hybridized carbons (Fsp3) is 0.474. The number of hydrogen-bond acceptors (Lipinski definition) is 3. The maximum absolute atomic E-state index is 12.2. The summed E-state index contributed by atoms with van der Waals surface area (Å²) in [5, 5.41) is 4.20. The largest absolute Gasteiger partial charge is 0.353 e. The number of nitrogens with one attached hydrogen (secondary N) is 1. The van der Waals surface area contributed by atoms with E-state index >= 15 is 0 Å². The van der Waals surface area contributed by atoms with Crippen molar-refractivity contribution < 1.29 is 9.59 Å². The number of aryl methyl sites for hydroxylation is 1. The predicted molar refractivity (Wildman–Crippen MR) is 98.4 cm³/mol. The quantitative estimate of drug-likeness (QED) is 0.889. The van der Waals surface area contributed by atoms with Crippen LogP contribution in [0.5, 0.6) is 0 Å². The Hall–Kier alpha value is -2.34. The Balaban J connectivity index is 1.45. The van der Waals surface area contributed by atoms with Crippen LogP contribution in [0.15, 0.2) is 30.5 Å². The number of carbonyl (C=O) groups excluding carboxylic acids is 2. The molecule has 0 saturated carbocycles. The Bertz CT molecular complexity index is 760. The van der Waals surface area contributed by atoms with Crippen molar-refractivity contribution in [1.82, 2.24) is 19.7 Å². The SMILES string of the molecule is CC(=O)N1CCN(CCNC(=O)Cn2cc(C)c3ccccc32)CC1. The first-order valence-corrected chi connectivity index (χ1v) is 8.83. The van der Waals surface area contributed by atoms with Gasteiger partial charge in [-0.15, -0.1) is 0 Å². The molecule has 0 aliphatic carbocycles. The molecular weight excluding hydrogens is 316 g/mol. The predicted octanol–water partition coefficient (Wildman–Crippen LogP) is 1.23. The number of fused-ring (bicyclic) bond motifs is 1. The lowest BCUT2D eigenvalue weighted by Crippen LogP contribution is -2.49. The second-order valence-electron chi connectivity index (χ2n) is 6.65. The molecule has 1 fully saturated rings. The Kier molecular flexibility index (Phi) is 5.38. The average Bonchev–Trinajstić information content (AvgIpc) is 2.91. The lowest BCUT2D eigenvalue weighted by Gasteiger charge is -2.34. The summed E-state index contributed by atoms with van der Waals surface area (Å²) in [4.78, 5) is 27.7. The highest BCUT2D eigenvalue weighted by Gasteiger charge is 2.18. The molecule has 1 aromatic carbocycles. The van der Waals surface area contributed by atoms with E-state index in [0.717, 1.165) is 38.2 Å². The molecule has 1 aliphatic rings. The van der Waals surface area contributed by atoms with Gasteiger partial charge in [0.25, 0.3) is 0 Å². The molecule has 0 spiro atoms. The van der Waals surface area contributed by atoms with Crippen LogP contribution >= 0.6 is 0 Å². The molecule has 2 heterocycles. The molecule has 0 atom stereocenters. The van der Waals surface area contributed by atoms with Crippen LogP contribution in [0, 0.1) is 6.92 Å². The number of piperazine rings is 1. The van der Waals surface area contributed by atoms with Gasteiger partial charge < -0.3 is 14.8 Å². The minimum atomic E-state index is 0.0307. The molecule has 1 aliphatic heterocycles. The van der Waals surface area contributed by atoms with Crippen LogP contribution in [-0.4, -0.2) is 65.4 Å². The van der Waals surface area contributed by atoms with E-state index < -0.39 is 0 Å². The molecule has 0 unspecified atom stereocenters. The number of nitrogens with zero attached hydrogens (tertiary/aromatic N) is 3. The van der Waals surface area contributed by atoms with Gasteiger partial charge in [-0.1, -0.05) is 18.2 Å². The summed E-state index contributed by atoms with van der Waals surface area (Å²) in [6.07, 6.45) is 2.03. The smallest absolute Gasteiger partial charge is 0.239 e. The van der Waals surface area contributed by atoms with E-state index in [1.54, 1.807) is 6.92 Å². The molecule has 134 valence electrons. The van der Waals surface area contributed by atoms with Crippen molar-refractivity contribution in [3.05, 3.63) is 36.0 Å². The summed E-state index contributed by atoms with van der Waals surface area (Å²) in [7, 11) is 0. The topological polar surface area (TPSA) is 57.6 Å². The van der Waals surface area contributed by atoms with Crippen LogP contribution in [0.2, 0.25) is 0 Å². The van der Waals surface area contributed by atoms with E-state index in [-0.39, 0.29) is 11.8 Å². The molecule has 2 amide bonds. The maximum atomic E-state index is 12.2. The number of para-hydroxylation sites is 1. The zero-order chi connectivity index (χ0) is 17.8. The van der Waals surface area contributed by atoms with Gasteiger partial charge in [-0.05, 0) is 18.6 Å². The summed E-state index contributed by atoms with van der Waals surface area (Å²) in [5.74, 6) is 0.172. The summed E-state index contributed by atoms with van der Waals surface area (Å²) in [6, 6.07) is 8.15. The van der Waals surface area contributed by atoms with Crippen molar-refractivity contribution in [2.24, 2.45) is 0 Å². The number of amides is 2. The second-order valence-corrected chi connectivity index (χ2v) is 6.65. The highest BCUT2D eigenvalue weighted by Crippen LogP contribution is 2.19. The van der Waals surface area contributed by atoms with Crippen molar-refractivity contribution in [3.8, 4) is 0 Å². The van der Waals surface area contributed by atoms with Crippen molar-refractivity contribution in [1.29, 1.82) is 0 Å². The van der Waals surface area contributed by atoms with Gasteiger partial charge in [0.05, 0.1) is 0 Å². The molecule has 6 nitrogen and oxygen atoms in total. The Morgan fingerprint density at radius 2 is 1.84 bits per heavy atom. The molecule has 3 rings (SSSR count). The number of benzene rings is 1. The van der Waals surface area contributed by atoms with Crippen molar-refractivity contribution >= 4 is 22.7 Å². The molecule has 1 aromatic heterocycles. The van der Waals surface area contributed by atoms with Gasteiger partial charge in [0.15, 0.2) is 0 Å². The van der Waals surface area contributed by atoms with Crippen molar-refractivity contribution in [2.75, 3.05) is 39.3 Å². The van der Waals surface area contributed by atoms with Gasteiger partial charge in [0, 0.05) is 63.3 Å². The van der Waals surface area contributed by atoms with Crippen LogP contribution in [0.4, 0.5) is 0 Å². The van der Waals surface area contributed by atoms with Crippen LogP contribution < -0.4 is 5.32 Å². The average molecular weight is 342 g/mol. The number of rotatable bonds is 5. The molecule has 2 aromatic rings. The van der Waals surface area contributed by atoms with Gasteiger partial charge in [0.1, 0.15) is 6.54 Å². The van der Waals surface area contributed by atoms with E-state index in [4.69, 9.17) is 0 Å². The molecular formula is C19H26N4O2. The molecule has 0 bridgehead atoms. The fourth-order valence-corrected chi connectivity index (χ4v) is 3.41. The normalized spacial score (nSPS) is 15.5. The van der Waals surface area contributed by atoms with E-state index in [2.05, 4.69) is 23.2 Å². The van der Waals surface area contributed by atoms with E-state index in [1.165, 1.54) is 10.9 Å². The van der Waals surface area contributed by atoms with E-state index in [1.807, 2.05) is 33.9 Å². The summed E-state index contributed by atoms with van der Waals surface area (Å²) < 4.78 is 2.01. The molecule has 25 heavy (non-hydrogen) atoms. The summed E-state index contributed by atoms with van der Waals surface area (Å²) in [6.45, 7) is 8.77. The van der Waals surface area contributed by atoms with Crippen LogP contribution in [0.25, 0.3) is 10.9 Å². The highest BCUT2D eigenvalue weighted by molar-refractivity contribution is 5.85. The monoisotopic (exact) mass is 342 g/mol. The van der Waals surface area contributed by atoms with Gasteiger partial charge in [-0.3, -0.25) is 14.5 Å². The fourth-order valence-electron chi connectivity index (χ4n) is 3.41. The molecule has 0 radical (unpaired) electrons. The number of aromatic nitrogens is 1. The second kappa shape index (κ2) is 7.70. The van der Waals surface area contributed by atoms with E-state index in [9.17, 15) is 9.59 Å². The van der Waals surface area contributed by atoms with Gasteiger partial charge in [0.2, 0.25) is 11.8 Å². The third kappa shape index (κ3) is 4.20. The minimum absolute atomic E-state index is 0.0307. The zero-order valence-corrected chi connectivity index (χ0v) is 15.0. The van der Waals surface area contributed by atoms with Crippen LogP contribution in [-0.2, 0) is 16.1 Å². The Labute approximate surface area is 148 Å². The molecule has 6 heteroatoms. The third-order valence-electron chi connectivity index (χ3n) is 4.87. The summed E-state index contributed by atoms with van der Waals surface area (Å²) >= 11 is 0. The van der Waals surface area contributed by atoms with Crippen molar-refractivity contribution in [3.63, 3.8) is 0 Å². The van der Waals surface area contributed by atoms with Gasteiger partial charge in [-0.25, -0.2) is 0 Å². The molecule has 1 N–H and O–H groups in total. The van der Waals surface area contributed by atoms with Gasteiger partial charge in [-0.2, -0.15) is 0 Å². The highest BCUT2D eigenvalue weighted by atomic mass is 16.2. The maximum Gasteiger partial charge on any atom is 0.239 e. The standard InChI is InChI=1S/C19H26N4O2/c1-15-13-23(18-6-4-3-5-17(15)18)14-19(25)20-7-8-21-9-11-22(12-10-21)16(2)24/h3-6,13H,7-12,14H2,1-2H3,(H,20,25). The van der Waals surface area contributed by atoms with Gasteiger partial charge >= 0.3 is 0 Å². The zero-order valence-electron chi connectivity index (χ0n) is 15.0. The van der Waals surface area contributed by atoms with Crippen LogP contribution in [0.1, 0.15) is 12.5 Å². The van der Waals surface area contributed by atoms with Crippen molar-refractivity contribution in [2.45, 2.75) is 20.4 Å². The molecule has 1 saturated heterocycles. The number of carbonyl (C=O) groups is 2. The number of hydrogen-bond donors (Lipinski definition) is 1. The van der Waals surface area contributed by atoms with E-state index in [0.29, 0.717) is 13.1 Å². The first-order valence-electron chi connectivity index (χ1n) is 8.83. The lowest BCUT2D eigenvalue weighted by atomic mass is 10.2. The third-order valence-corrected chi connectivity index (χ3v) is 4.87. The Morgan fingerprint density at radius 1 is 1.12 bits per heavy atom. The first-order chi connectivity index (χ1) is 12.0. The first kappa shape index (κ1) is 17.5. The minimum Gasteiger partial charge on any atom is -0.353 e. The van der Waals surface area contributed by atoms with Crippen LogP contribution in [0.3, 0.4) is 0 Å². The lowest BCUT2D eigenvalue weighted by molar-refractivity contribution is -0.130.